The summed E-state index contributed by atoms with van der Waals surface area (Å²) >= 11 is 3.45. The molecule has 0 aliphatic carbocycles. The summed E-state index contributed by atoms with van der Waals surface area (Å²) < 4.78 is 0. The Morgan fingerprint density at radius 1 is 1.29 bits per heavy atom. The second-order valence-electron chi connectivity index (χ2n) is 4.55. The zero-order chi connectivity index (χ0) is 13.0. The predicted molar refractivity (Wildman–Crippen MR) is 73.0 cm³/mol. The SMILES string of the molecule is CC(C)C(Br)C(=O)N(C)C(C)c1ccncc1. The van der Waals surface area contributed by atoms with Gasteiger partial charge in [-0.15, -0.1) is 0 Å². The molecule has 0 aromatic carbocycles. The third kappa shape index (κ3) is 3.53. The fourth-order valence-corrected chi connectivity index (χ4v) is 1.86. The van der Waals surface area contributed by atoms with E-state index in [0.29, 0.717) is 0 Å². The van der Waals surface area contributed by atoms with E-state index in [9.17, 15) is 4.79 Å². The molecule has 1 rings (SSSR count). The van der Waals surface area contributed by atoms with E-state index in [1.165, 1.54) is 0 Å². The number of rotatable bonds is 4. The number of nitrogens with zero attached hydrogens (tertiary/aromatic N) is 2. The molecule has 17 heavy (non-hydrogen) atoms. The fraction of sp³-hybridized carbons (Fsp3) is 0.538. The topological polar surface area (TPSA) is 33.2 Å². The van der Waals surface area contributed by atoms with E-state index in [1.54, 1.807) is 17.3 Å². The maximum absolute atomic E-state index is 12.2. The molecule has 2 atom stereocenters. The van der Waals surface area contributed by atoms with Gasteiger partial charge >= 0.3 is 0 Å². The van der Waals surface area contributed by atoms with Crippen LogP contribution in [0.3, 0.4) is 0 Å². The van der Waals surface area contributed by atoms with Gasteiger partial charge in [0, 0.05) is 19.4 Å². The van der Waals surface area contributed by atoms with Crippen LogP contribution in [0.5, 0.6) is 0 Å². The normalized spacial score (nSPS) is 14.5. The molecule has 3 nitrogen and oxygen atoms in total. The Labute approximate surface area is 111 Å². The Morgan fingerprint density at radius 2 is 1.82 bits per heavy atom. The van der Waals surface area contributed by atoms with Crippen LogP contribution >= 0.6 is 15.9 Å². The van der Waals surface area contributed by atoms with Crippen LogP contribution in [0.25, 0.3) is 0 Å². The molecule has 2 unspecified atom stereocenters. The zero-order valence-corrected chi connectivity index (χ0v) is 12.3. The number of carbonyl (C=O) groups is 1. The number of alkyl halides is 1. The van der Waals surface area contributed by atoms with Crippen molar-refractivity contribution >= 4 is 21.8 Å². The summed E-state index contributed by atoms with van der Waals surface area (Å²) in [7, 11) is 1.84. The van der Waals surface area contributed by atoms with Crippen molar-refractivity contribution in [2.45, 2.75) is 31.6 Å². The number of hydrogen-bond acceptors (Lipinski definition) is 2. The number of amides is 1. The number of aromatic nitrogens is 1. The van der Waals surface area contributed by atoms with Gasteiger partial charge in [-0.05, 0) is 30.5 Å². The molecular weight excluding hydrogens is 280 g/mol. The van der Waals surface area contributed by atoms with Crippen LogP contribution in [-0.4, -0.2) is 27.7 Å². The van der Waals surface area contributed by atoms with E-state index in [2.05, 4.69) is 20.9 Å². The molecule has 0 aliphatic rings. The highest BCUT2D eigenvalue weighted by atomic mass is 79.9. The molecule has 0 bridgehead atoms. The Balaban J connectivity index is 2.77. The Bertz CT molecular complexity index is 367. The summed E-state index contributed by atoms with van der Waals surface area (Å²) in [6, 6.07) is 3.93. The molecule has 0 fully saturated rings. The van der Waals surface area contributed by atoms with Gasteiger partial charge in [0.2, 0.25) is 5.91 Å². The molecular formula is C13H19BrN2O. The van der Waals surface area contributed by atoms with Crippen LogP contribution in [0, 0.1) is 5.92 Å². The lowest BCUT2D eigenvalue weighted by atomic mass is 10.1. The lowest BCUT2D eigenvalue weighted by molar-refractivity contribution is -0.131. The summed E-state index contributed by atoms with van der Waals surface area (Å²) in [6.45, 7) is 6.08. The van der Waals surface area contributed by atoms with Gasteiger partial charge in [-0.2, -0.15) is 0 Å². The van der Waals surface area contributed by atoms with Gasteiger partial charge in [0.1, 0.15) is 0 Å². The van der Waals surface area contributed by atoms with E-state index >= 15 is 0 Å². The molecule has 0 aliphatic heterocycles. The molecule has 1 amide bonds. The monoisotopic (exact) mass is 298 g/mol. The van der Waals surface area contributed by atoms with Gasteiger partial charge in [-0.1, -0.05) is 29.8 Å². The number of hydrogen-bond donors (Lipinski definition) is 0. The van der Waals surface area contributed by atoms with E-state index in [0.717, 1.165) is 5.56 Å². The molecule has 0 spiro atoms. The van der Waals surface area contributed by atoms with Crippen LogP contribution in [0.4, 0.5) is 0 Å². The standard InChI is InChI=1S/C13H19BrN2O/c1-9(2)12(14)13(17)16(4)10(3)11-5-7-15-8-6-11/h5-10,12H,1-4H3. The first-order chi connectivity index (χ1) is 7.95. The number of pyridine rings is 1. The molecule has 1 heterocycles. The van der Waals surface area contributed by atoms with Crippen molar-refractivity contribution in [2.24, 2.45) is 5.92 Å². The van der Waals surface area contributed by atoms with Crippen molar-refractivity contribution in [3.63, 3.8) is 0 Å². The van der Waals surface area contributed by atoms with Crippen LogP contribution in [0.1, 0.15) is 32.4 Å². The van der Waals surface area contributed by atoms with Gasteiger partial charge in [0.15, 0.2) is 0 Å². The summed E-state index contributed by atoms with van der Waals surface area (Å²) in [5.41, 5.74) is 1.10. The predicted octanol–water partition coefficient (Wildman–Crippen LogP) is 3.02. The molecule has 1 aromatic rings. The lowest BCUT2D eigenvalue weighted by Crippen LogP contribution is -2.37. The highest BCUT2D eigenvalue weighted by Crippen LogP contribution is 2.22. The highest BCUT2D eigenvalue weighted by Gasteiger charge is 2.25. The largest absolute Gasteiger partial charge is 0.338 e. The second kappa shape index (κ2) is 6.15. The smallest absolute Gasteiger partial charge is 0.236 e. The third-order valence-corrected chi connectivity index (χ3v) is 4.39. The summed E-state index contributed by atoms with van der Waals surface area (Å²) in [5.74, 6) is 0.402. The molecule has 0 saturated carbocycles. The molecule has 1 aromatic heterocycles. The van der Waals surface area contributed by atoms with Crippen molar-refractivity contribution in [1.82, 2.24) is 9.88 Å². The van der Waals surface area contributed by atoms with Crippen molar-refractivity contribution in [3.8, 4) is 0 Å². The lowest BCUT2D eigenvalue weighted by Gasteiger charge is -2.28. The fourth-order valence-electron chi connectivity index (χ4n) is 1.54. The zero-order valence-electron chi connectivity index (χ0n) is 10.7. The summed E-state index contributed by atoms with van der Waals surface area (Å²) in [4.78, 5) is 17.8. The minimum absolute atomic E-state index is 0.0595. The quantitative estimate of drug-likeness (QED) is 0.801. The van der Waals surface area contributed by atoms with Gasteiger partial charge in [0.25, 0.3) is 0 Å². The van der Waals surface area contributed by atoms with E-state index in [-0.39, 0.29) is 22.7 Å². The van der Waals surface area contributed by atoms with Crippen molar-refractivity contribution in [2.75, 3.05) is 7.05 Å². The van der Waals surface area contributed by atoms with Crippen LogP contribution < -0.4 is 0 Å². The Kier molecular flexibility index (Phi) is 5.12. The maximum Gasteiger partial charge on any atom is 0.236 e. The molecule has 94 valence electrons. The van der Waals surface area contributed by atoms with Gasteiger partial charge < -0.3 is 4.90 Å². The Hall–Kier alpha value is -0.900. The first-order valence-electron chi connectivity index (χ1n) is 5.75. The minimum Gasteiger partial charge on any atom is -0.338 e. The van der Waals surface area contributed by atoms with Crippen molar-refractivity contribution in [3.05, 3.63) is 30.1 Å². The van der Waals surface area contributed by atoms with E-state index < -0.39 is 0 Å². The minimum atomic E-state index is -0.128. The molecule has 0 N–H and O–H groups in total. The number of carbonyl (C=O) groups excluding carboxylic acids is 1. The molecule has 0 saturated heterocycles. The average molecular weight is 299 g/mol. The first kappa shape index (κ1) is 14.2. The van der Waals surface area contributed by atoms with Gasteiger partial charge in [-0.3, -0.25) is 9.78 Å². The van der Waals surface area contributed by atoms with Crippen molar-refractivity contribution in [1.29, 1.82) is 0 Å². The van der Waals surface area contributed by atoms with Gasteiger partial charge in [-0.25, -0.2) is 0 Å². The first-order valence-corrected chi connectivity index (χ1v) is 6.67. The highest BCUT2D eigenvalue weighted by molar-refractivity contribution is 9.10. The van der Waals surface area contributed by atoms with Crippen molar-refractivity contribution < 1.29 is 4.79 Å². The summed E-state index contributed by atoms with van der Waals surface area (Å²) in [6.07, 6.45) is 3.50. The second-order valence-corrected chi connectivity index (χ2v) is 5.54. The van der Waals surface area contributed by atoms with Crippen LogP contribution in [-0.2, 0) is 4.79 Å². The Morgan fingerprint density at radius 3 is 2.29 bits per heavy atom. The maximum atomic E-state index is 12.2. The van der Waals surface area contributed by atoms with E-state index in [4.69, 9.17) is 0 Å². The third-order valence-electron chi connectivity index (χ3n) is 2.94. The van der Waals surface area contributed by atoms with E-state index in [1.807, 2.05) is 40.0 Å². The molecule has 0 radical (unpaired) electrons. The summed E-state index contributed by atoms with van der Waals surface area (Å²) in [5, 5.41) is 0. The van der Waals surface area contributed by atoms with Crippen LogP contribution in [0.2, 0.25) is 0 Å². The molecule has 4 heteroatoms. The average Bonchev–Trinajstić information content (AvgIpc) is 2.36. The van der Waals surface area contributed by atoms with Gasteiger partial charge in [0.05, 0.1) is 10.9 Å². The van der Waals surface area contributed by atoms with Crippen LogP contribution in [0.15, 0.2) is 24.5 Å². The number of halogens is 1.